The molecule has 0 aliphatic heterocycles. The van der Waals surface area contributed by atoms with Crippen molar-refractivity contribution in [2.45, 2.75) is 90.3 Å². The lowest BCUT2D eigenvalue weighted by Gasteiger charge is -2.21. The molecule has 0 atom stereocenters. The van der Waals surface area contributed by atoms with Crippen LogP contribution >= 0.6 is 0 Å². The second-order valence-electron chi connectivity index (χ2n) is 8.18. The molecule has 2 rings (SSSR count). The molecule has 0 unspecified atom stereocenters. The van der Waals surface area contributed by atoms with E-state index < -0.39 is 0 Å². The van der Waals surface area contributed by atoms with Gasteiger partial charge >= 0.3 is 0 Å². The fourth-order valence-electron chi connectivity index (χ4n) is 3.58. The summed E-state index contributed by atoms with van der Waals surface area (Å²) in [4.78, 5) is 0. The number of rotatable bonds is 16. The molecule has 0 spiro atoms. The highest BCUT2D eigenvalue weighted by Gasteiger charge is 2.13. The smallest absolute Gasteiger partial charge is 0.241 e. The van der Waals surface area contributed by atoms with Crippen LogP contribution in [0.15, 0.2) is 48.5 Å². The van der Waals surface area contributed by atoms with Crippen molar-refractivity contribution in [2.24, 2.45) is 0 Å². The fraction of sp³-hybridized carbons (Fsp3) is 0.500. The van der Waals surface area contributed by atoms with Crippen LogP contribution in [0.4, 0.5) is 0 Å². The van der Waals surface area contributed by atoms with Crippen LogP contribution in [0.5, 0.6) is 11.5 Å². The van der Waals surface area contributed by atoms with E-state index in [1.165, 1.54) is 38.5 Å². The van der Waals surface area contributed by atoms with Crippen molar-refractivity contribution in [3.8, 4) is 23.6 Å². The maximum atomic E-state index is 8.76. The first kappa shape index (κ1) is 25.3. The first-order valence-corrected chi connectivity index (χ1v) is 12.0. The Morgan fingerprint density at radius 2 is 1.09 bits per heavy atom. The van der Waals surface area contributed by atoms with Crippen LogP contribution in [0.2, 0.25) is 0 Å². The van der Waals surface area contributed by atoms with Crippen LogP contribution in [0.25, 0.3) is 0 Å². The molecule has 0 amide bonds. The molecule has 0 aliphatic rings. The number of benzene rings is 2. The van der Waals surface area contributed by atoms with Gasteiger partial charge in [0.1, 0.15) is 11.5 Å². The predicted octanol–water partition coefficient (Wildman–Crippen LogP) is 7.52. The van der Waals surface area contributed by atoms with E-state index in [0.29, 0.717) is 12.8 Å². The van der Waals surface area contributed by atoms with Crippen molar-refractivity contribution in [3.05, 3.63) is 59.7 Å². The maximum absolute atomic E-state index is 8.76. The lowest BCUT2D eigenvalue weighted by Crippen LogP contribution is -2.24. The first-order valence-electron chi connectivity index (χ1n) is 12.0. The second-order valence-corrected chi connectivity index (χ2v) is 8.18. The van der Waals surface area contributed by atoms with E-state index in [2.05, 4.69) is 19.1 Å². The van der Waals surface area contributed by atoms with E-state index in [1.807, 2.05) is 48.5 Å². The van der Waals surface area contributed by atoms with Gasteiger partial charge in [-0.15, -0.1) is 0 Å². The van der Waals surface area contributed by atoms with Crippen LogP contribution < -0.4 is 9.47 Å². The highest BCUT2D eigenvalue weighted by atomic mass is 16.7. The van der Waals surface area contributed by atoms with Gasteiger partial charge < -0.3 is 9.47 Å². The summed E-state index contributed by atoms with van der Waals surface area (Å²) in [6.45, 7) is 2.24. The lowest BCUT2D eigenvalue weighted by atomic mass is 10.1. The van der Waals surface area contributed by atoms with E-state index in [1.54, 1.807) is 0 Å². The Morgan fingerprint density at radius 1 is 0.656 bits per heavy atom. The van der Waals surface area contributed by atoms with Crippen LogP contribution in [-0.2, 0) is 12.8 Å². The highest BCUT2D eigenvalue weighted by molar-refractivity contribution is 5.29. The molecule has 0 N–H and O–H groups in total. The van der Waals surface area contributed by atoms with Crippen LogP contribution in [0.1, 0.15) is 82.3 Å². The quantitative estimate of drug-likeness (QED) is 0.203. The van der Waals surface area contributed by atoms with Gasteiger partial charge in [0, 0.05) is 19.3 Å². The average molecular weight is 433 g/mol. The maximum Gasteiger partial charge on any atom is 0.241 e. The summed E-state index contributed by atoms with van der Waals surface area (Å²) in [5, 5.41) is 17.5. The van der Waals surface area contributed by atoms with Crippen molar-refractivity contribution in [3.63, 3.8) is 0 Å². The summed E-state index contributed by atoms with van der Waals surface area (Å²) in [6.07, 6.45) is 11.8. The average Bonchev–Trinajstić information content (AvgIpc) is 2.82. The standard InChI is InChI=1S/C28H36N2O2/c1-2-3-4-5-6-7-8-13-28(31-26-18-14-24(15-19-26)11-9-22-29)32-27-20-16-25(17-21-27)12-10-23-30/h14-21,28H,2-13H2,1H3. The van der Waals surface area contributed by atoms with Crippen LogP contribution in [0, 0.1) is 22.7 Å². The first-order chi connectivity index (χ1) is 15.7. The minimum atomic E-state index is -0.347. The van der Waals surface area contributed by atoms with Gasteiger partial charge in [0.15, 0.2) is 0 Å². The summed E-state index contributed by atoms with van der Waals surface area (Å²) in [7, 11) is 0. The molecular formula is C28H36N2O2. The lowest BCUT2D eigenvalue weighted by molar-refractivity contribution is -0.00248. The molecule has 4 heteroatoms. The topological polar surface area (TPSA) is 66.0 Å². The molecule has 2 aromatic carbocycles. The molecule has 0 heterocycles. The van der Waals surface area contributed by atoms with E-state index in [9.17, 15) is 0 Å². The second kappa shape index (κ2) is 15.8. The van der Waals surface area contributed by atoms with Crippen molar-refractivity contribution in [2.75, 3.05) is 0 Å². The Labute approximate surface area is 193 Å². The molecule has 0 saturated carbocycles. The summed E-state index contributed by atoms with van der Waals surface area (Å²) in [5.41, 5.74) is 2.27. The Balaban J connectivity index is 1.92. The summed E-state index contributed by atoms with van der Waals surface area (Å²) < 4.78 is 12.4. The van der Waals surface area contributed by atoms with Gasteiger partial charge in [-0.05, 0) is 54.7 Å². The Kier molecular flexibility index (Phi) is 12.5. The zero-order valence-corrected chi connectivity index (χ0v) is 19.4. The van der Waals surface area contributed by atoms with Gasteiger partial charge in [-0.2, -0.15) is 10.5 Å². The highest BCUT2D eigenvalue weighted by Crippen LogP contribution is 2.22. The molecule has 0 saturated heterocycles. The third-order valence-electron chi connectivity index (χ3n) is 5.48. The minimum Gasteiger partial charge on any atom is -0.455 e. The van der Waals surface area contributed by atoms with E-state index in [0.717, 1.165) is 48.3 Å². The Morgan fingerprint density at radius 3 is 1.53 bits per heavy atom. The molecule has 0 radical (unpaired) electrons. The molecule has 0 fully saturated rings. The van der Waals surface area contributed by atoms with Crippen molar-refractivity contribution in [1.82, 2.24) is 0 Å². The van der Waals surface area contributed by atoms with E-state index in [-0.39, 0.29) is 6.29 Å². The molecule has 0 aromatic heterocycles. The number of nitrogens with zero attached hydrogens (tertiary/aromatic N) is 2. The monoisotopic (exact) mass is 432 g/mol. The van der Waals surface area contributed by atoms with Crippen LogP contribution in [0.3, 0.4) is 0 Å². The zero-order valence-electron chi connectivity index (χ0n) is 19.4. The third-order valence-corrected chi connectivity index (χ3v) is 5.48. The van der Waals surface area contributed by atoms with Crippen LogP contribution in [-0.4, -0.2) is 6.29 Å². The molecule has 32 heavy (non-hydrogen) atoms. The number of hydrogen-bond acceptors (Lipinski definition) is 4. The number of hydrogen-bond donors (Lipinski definition) is 0. The molecule has 4 nitrogen and oxygen atoms in total. The van der Waals surface area contributed by atoms with E-state index >= 15 is 0 Å². The minimum absolute atomic E-state index is 0.347. The number of ether oxygens (including phenoxy) is 2. The van der Waals surface area contributed by atoms with Gasteiger partial charge in [0.25, 0.3) is 0 Å². The molecule has 0 aliphatic carbocycles. The van der Waals surface area contributed by atoms with Gasteiger partial charge in [-0.3, -0.25) is 0 Å². The number of unbranched alkanes of at least 4 members (excludes halogenated alkanes) is 6. The van der Waals surface area contributed by atoms with Gasteiger partial charge in [-0.1, -0.05) is 69.7 Å². The molecular weight excluding hydrogens is 396 g/mol. The number of nitriles is 2. The van der Waals surface area contributed by atoms with E-state index in [4.69, 9.17) is 20.0 Å². The van der Waals surface area contributed by atoms with Crippen molar-refractivity contribution >= 4 is 0 Å². The third kappa shape index (κ3) is 10.4. The zero-order chi connectivity index (χ0) is 22.9. The Hall–Kier alpha value is -2.98. The number of aryl methyl sites for hydroxylation is 2. The molecule has 0 bridgehead atoms. The summed E-state index contributed by atoms with van der Waals surface area (Å²) in [6, 6.07) is 20.3. The fourth-order valence-corrected chi connectivity index (χ4v) is 3.58. The Bertz CT molecular complexity index is 768. The van der Waals surface area contributed by atoms with Crippen molar-refractivity contribution < 1.29 is 9.47 Å². The van der Waals surface area contributed by atoms with Crippen molar-refractivity contribution in [1.29, 1.82) is 10.5 Å². The molecule has 170 valence electrons. The normalized spacial score (nSPS) is 10.5. The summed E-state index contributed by atoms with van der Waals surface area (Å²) >= 11 is 0. The van der Waals surface area contributed by atoms with Gasteiger partial charge in [0.2, 0.25) is 6.29 Å². The van der Waals surface area contributed by atoms with Gasteiger partial charge in [-0.25, -0.2) is 0 Å². The molecule has 2 aromatic rings. The predicted molar refractivity (Wildman–Crippen MR) is 128 cm³/mol. The van der Waals surface area contributed by atoms with Gasteiger partial charge in [0.05, 0.1) is 12.1 Å². The SMILES string of the molecule is CCCCCCCCCC(Oc1ccc(CCC#N)cc1)Oc1ccc(CCC#N)cc1. The summed E-state index contributed by atoms with van der Waals surface area (Å²) in [5.74, 6) is 1.56. The largest absolute Gasteiger partial charge is 0.455 e.